The van der Waals surface area contributed by atoms with E-state index in [0.717, 1.165) is 10.0 Å². The van der Waals surface area contributed by atoms with Crippen LogP contribution in [-0.2, 0) is 0 Å². The Balaban J connectivity index is 2.15. The van der Waals surface area contributed by atoms with E-state index in [1.54, 1.807) is 0 Å². The highest BCUT2D eigenvalue weighted by molar-refractivity contribution is 9.10. The van der Waals surface area contributed by atoms with Crippen LogP contribution in [0.1, 0.15) is 28.9 Å². The van der Waals surface area contributed by atoms with Gasteiger partial charge in [0, 0.05) is 8.95 Å². The second-order valence-corrected chi connectivity index (χ2v) is 6.14. The van der Waals surface area contributed by atoms with Crippen LogP contribution in [0.3, 0.4) is 0 Å². The summed E-state index contributed by atoms with van der Waals surface area (Å²) in [6, 6.07) is 11.6. The Bertz CT molecular complexity index is 628. The largest absolute Gasteiger partial charge is 0.345 e. The van der Waals surface area contributed by atoms with Crippen molar-refractivity contribution in [2.24, 2.45) is 0 Å². The second kappa shape index (κ2) is 6.50. The number of hydrogen-bond acceptors (Lipinski definition) is 1. The van der Waals surface area contributed by atoms with Crippen molar-refractivity contribution in [2.75, 3.05) is 0 Å². The van der Waals surface area contributed by atoms with Crippen LogP contribution in [0.25, 0.3) is 0 Å². The van der Waals surface area contributed by atoms with Crippen molar-refractivity contribution < 1.29 is 9.18 Å². The second-order valence-electron chi connectivity index (χ2n) is 4.37. The van der Waals surface area contributed by atoms with Crippen LogP contribution in [0.5, 0.6) is 0 Å². The maximum atomic E-state index is 13.2. The van der Waals surface area contributed by atoms with E-state index in [0.29, 0.717) is 4.47 Å². The monoisotopic (exact) mass is 399 g/mol. The summed E-state index contributed by atoms with van der Waals surface area (Å²) in [6.07, 6.45) is 0. The van der Waals surface area contributed by atoms with Gasteiger partial charge >= 0.3 is 0 Å². The SMILES string of the molecule is C[C@@H](NC(=O)c1cc(F)ccc1Br)c1ccc(Br)cc1. The van der Waals surface area contributed by atoms with Crippen LogP contribution in [0.2, 0.25) is 0 Å². The molecular formula is C15H12Br2FNO. The van der Waals surface area contributed by atoms with Crippen LogP contribution in [0.15, 0.2) is 51.4 Å². The fourth-order valence-corrected chi connectivity index (χ4v) is 2.47. The molecule has 0 bridgehead atoms. The molecule has 5 heteroatoms. The minimum atomic E-state index is -0.436. The Kier molecular flexibility index (Phi) is 4.94. The summed E-state index contributed by atoms with van der Waals surface area (Å²) in [4.78, 5) is 12.2. The third-order valence-corrected chi connectivity index (χ3v) is 4.11. The minimum absolute atomic E-state index is 0.161. The number of nitrogens with one attached hydrogen (secondary N) is 1. The smallest absolute Gasteiger partial charge is 0.253 e. The lowest BCUT2D eigenvalue weighted by atomic mass is 10.1. The Morgan fingerprint density at radius 1 is 1.15 bits per heavy atom. The van der Waals surface area contributed by atoms with Gasteiger partial charge in [-0.05, 0) is 58.7 Å². The standard InChI is InChI=1S/C15H12Br2FNO/c1-9(10-2-4-11(16)5-3-10)19-15(20)13-8-12(18)6-7-14(13)17/h2-9H,1H3,(H,19,20)/t9-/m1/s1. The van der Waals surface area contributed by atoms with E-state index in [9.17, 15) is 9.18 Å². The fourth-order valence-electron chi connectivity index (χ4n) is 1.78. The number of carbonyl (C=O) groups excluding carboxylic acids is 1. The van der Waals surface area contributed by atoms with E-state index in [1.165, 1.54) is 18.2 Å². The Hall–Kier alpha value is -1.20. The number of hydrogen-bond donors (Lipinski definition) is 1. The van der Waals surface area contributed by atoms with Crippen molar-refractivity contribution in [3.05, 3.63) is 68.4 Å². The van der Waals surface area contributed by atoms with Gasteiger partial charge in [0.15, 0.2) is 0 Å². The topological polar surface area (TPSA) is 29.1 Å². The molecule has 0 saturated heterocycles. The summed E-state index contributed by atoms with van der Waals surface area (Å²) in [5, 5.41) is 2.85. The summed E-state index contributed by atoms with van der Waals surface area (Å²) in [7, 11) is 0. The molecule has 20 heavy (non-hydrogen) atoms. The maximum Gasteiger partial charge on any atom is 0.253 e. The average Bonchev–Trinajstić information content (AvgIpc) is 2.42. The van der Waals surface area contributed by atoms with E-state index in [2.05, 4.69) is 37.2 Å². The molecule has 0 radical (unpaired) electrons. The lowest BCUT2D eigenvalue weighted by molar-refractivity contribution is 0.0938. The average molecular weight is 401 g/mol. The maximum absolute atomic E-state index is 13.2. The number of benzene rings is 2. The molecule has 0 saturated carbocycles. The zero-order chi connectivity index (χ0) is 14.7. The first kappa shape index (κ1) is 15.2. The highest BCUT2D eigenvalue weighted by atomic mass is 79.9. The van der Waals surface area contributed by atoms with Gasteiger partial charge in [0.2, 0.25) is 0 Å². The minimum Gasteiger partial charge on any atom is -0.345 e. The number of carbonyl (C=O) groups is 1. The molecule has 1 atom stereocenters. The van der Waals surface area contributed by atoms with Crippen molar-refractivity contribution in [1.29, 1.82) is 0 Å². The molecule has 1 N–H and O–H groups in total. The molecular weight excluding hydrogens is 389 g/mol. The molecule has 0 unspecified atom stereocenters. The molecule has 2 rings (SSSR count). The van der Waals surface area contributed by atoms with Crippen LogP contribution < -0.4 is 5.32 Å². The summed E-state index contributed by atoms with van der Waals surface area (Å²) < 4.78 is 14.8. The third-order valence-electron chi connectivity index (χ3n) is 2.89. The number of amides is 1. The van der Waals surface area contributed by atoms with Gasteiger partial charge in [-0.3, -0.25) is 4.79 Å². The molecule has 0 aliphatic rings. The van der Waals surface area contributed by atoms with Gasteiger partial charge in [0.05, 0.1) is 11.6 Å². The van der Waals surface area contributed by atoms with Gasteiger partial charge in [-0.1, -0.05) is 28.1 Å². The van der Waals surface area contributed by atoms with E-state index in [4.69, 9.17) is 0 Å². The summed E-state index contributed by atoms with van der Waals surface area (Å²) in [5.74, 6) is -0.749. The summed E-state index contributed by atoms with van der Waals surface area (Å²) >= 11 is 6.62. The number of rotatable bonds is 3. The van der Waals surface area contributed by atoms with Crippen LogP contribution in [0, 0.1) is 5.82 Å². The number of halogens is 3. The molecule has 1 amide bonds. The molecule has 2 nitrogen and oxygen atoms in total. The lowest BCUT2D eigenvalue weighted by Crippen LogP contribution is -2.27. The highest BCUT2D eigenvalue weighted by Crippen LogP contribution is 2.20. The Morgan fingerprint density at radius 2 is 1.80 bits per heavy atom. The molecule has 2 aromatic carbocycles. The van der Waals surface area contributed by atoms with Crippen molar-refractivity contribution in [2.45, 2.75) is 13.0 Å². The molecule has 0 spiro atoms. The van der Waals surface area contributed by atoms with Gasteiger partial charge in [0.1, 0.15) is 5.82 Å². The first-order valence-electron chi connectivity index (χ1n) is 5.99. The van der Waals surface area contributed by atoms with Crippen LogP contribution >= 0.6 is 31.9 Å². The van der Waals surface area contributed by atoms with Gasteiger partial charge in [0.25, 0.3) is 5.91 Å². The molecule has 0 heterocycles. The van der Waals surface area contributed by atoms with E-state index < -0.39 is 5.82 Å². The van der Waals surface area contributed by atoms with Gasteiger partial charge in [-0.15, -0.1) is 0 Å². The molecule has 2 aromatic rings. The highest BCUT2D eigenvalue weighted by Gasteiger charge is 2.14. The Labute approximate surface area is 133 Å². The van der Waals surface area contributed by atoms with Crippen molar-refractivity contribution in [3.63, 3.8) is 0 Å². The van der Waals surface area contributed by atoms with E-state index in [1.807, 2.05) is 31.2 Å². The van der Waals surface area contributed by atoms with Gasteiger partial charge < -0.3 is 5.32 Å². The fraction of sp³-hybridized carbons (Fsp3) is 0.133. The predicted molar refractivity (Wildman–Crippen MR) is 84.1 cm³/mol. The van der Waals surface area contributed by atoms with Crippen molar-refractivity contribution in [3.8, 4) is 0 Å². The molecule has 0 aromatic heterocycles. The van der Waals surface area contributed by atoms with E-state index in [-0.39, 0.29) is 17.5 Å². The van der Waals surface area contributed by atoms with Crippen molar-refractivity contribution >= 4 is 37.8 Å². The molecule has 0 aliphatic carbocycles. The third kappa shape index (κ3) is 3.67. The summed E-state index contributed by atoms with van der Waals surface area (Å²) in [6.45, 7) is 1.88. The molecule has 104 valence electrons. The van der Waals surface area contributed by atoms with Crippen molar-refractivity contribution in [1.82, 2.24) is 5.32 Å². The van der Waals surface area contributed by atoms with Crippen LogP contribution in [-0.4, -0.2) is 5.91 Å². The first-order valence-corrected chi connectivity index (χ1v) is 7.57. The Morgan fingerprint density at radius 3 is 2.45 bits per heavy atom. The zero-order valence-electron chi connectivity index (χ0n) is 10.7. The quantitative estimate of drug-likeness (QED) is 0.784. The van der Waals surface area contributed by atoms with Gasteiger partial charge in [-0.25, -0.2) is 4.39 Å². The molecule has 0 fully saturated rings. The normalized spacial score (nSPS) is 12.0. The van der Waals surface area contributed by atoms with Gasteiger partial charge in [-0.2, -0.15) is 0 Å². The lowest BCUT2D eigenvalue weighted by Gasteiger charge is -2.15. The predicted octanol–water partition coefficient (Wildman–Crippen LogP) is 4.84. The van der Waals surface area contributed by atoms with Crippen LogP contribution in [0.4, 0.5) is 4.39 Å². The van der Waals surface area contributed by atoms with E-state index >= 15 is 0 Å². The summed E-state index contributed by atoms with van der Waals surface area (Å²) in [5.41, 5.74) is 1.27. The zero-order valence-corrected chi connectivity index (χ0v) is 13.8. The first-order chi connectivity index (χ1) is 9.47. The molecule has 0 aliphatic heterocycles.